The largest absolute Gasteiger partial charge is 0.317 e. The fourth-order valence-corrected chi connectivity index (χ4v) is 3.20. The number of nitrogens with one attached hydrogen (secondary N) is 1. The quantitative estimate of drug-likeness (QED) is 0.927. The number of piperidine rings is 1. The van der Waals surface area contributed by atoms with Gasteiger partial charge in [-0.2, -0.15) is 0 Å². The predicted octanol–water partition coefficient (Wildman–Crippen LogP) is 2.52. The van der Waals surface area contributed by atoms with Gasteiger partial charge in [-0.3, -0.25) is 4.40 Å². The molecule has 96 valence electrons. The molecule has 1 aliphatic heterocycles. The number of aromatic nitrogens is 3. The number of hydrogen-bond acceptors (Lipinski definition) is 3. The second kappa shape index (κ2) is 4.63. The average molecular weight is 309 g/mol. The lowest BCUT2D eigenvalue weighted by atomic mass is 9.76. The van der Waals surface area contributed by atoms with Gasteiger partial charge in [0.05, 0.1) is 0 Å². The van der Waals surface area contributed by atoms with Crippen LogP contribution in [0.15, 0.2) is 22.8 Å². The van der Waals surface area contributed by atoms with E-state index in [-0.39, 0.29) is 5.41 Å². The van der Waals surface area contributed by atoms with Crippen molar-refractivity contribution >= 4 is 21.6 Å². The summed E-state index contributed by atoms with van der Waals surface area (Å²) in [7, 11) is 0. The Morgan fingerprint density at radius 1 is 1.33 bits per heavy atom. The van der Waals surface area contributed by atoms with Gasteiger partial charge in [0.1, 0.15) is 5.82 Å². The second-order valence-electron chi connectivity index (χ2n) is 4.98. The number of pyridine rings is 1. The van der Waals surface area contributed by atoms with Crippen LogP contribution in [-0.2, 0) is 5.41 Å². The zero-order valence-electron chi connectivity index (χ0n) is 10.5. The Balaban J connectivity index is 2.14. The summed E-state index contributed by atoms with van der Waals surface area (Å²) >= 11 is 3.53. The molecule has 0 radical (unpaired) electrons. The molecule has 4 nitrogen and oxygen atoms in total. The van der Waals surface area contributed by atoms with Crippen molar-refractivity contribution in [1.29, 1.82) is 0 Å². The van der Waals surface area contributed by atoms with Gasteiger partial charge in [0.2, 0.25) is 0 Å². The van der Waals surface area contributed by atoms with Crippen LogP contribution in [0.5, 0.6) is 0 Å². The summed E-state index contributed by atoms with van der Waals surface area (Å²) in [6.45, 7) is 4.39. The molecule has 3 heterocycles. The third kappa shape index (κ3) is 1.86. The molecule has 0 unspecified atom stereocenters. The molecule has 0 bridgehead atoms. The van der Waals surface area contributed by atoms with Crippen molar-refractivity contribution in [2.45, 2.75) is 31.6 Å². The molecule has 18 heavy (non-hydrogen) atoms. The van der Waals surface area contributed by atoms with Crippen LogP contribution in [0.1, 0.15) is 32.0 Å². The Kier molecular flexibility index (Phi) is 3.11. The van der Waals surface area contributed by atoms with Crippen molar-refractivity contribution in [3.63, 3.8) is 0 Å². The number of nitrogens with zero attached hydrogens (tertiary/aromatic N) is 3. The molecular weight excluding hydrogens is 292 g/mol. The highest BCUT2D eigenvalue weighted by atomic mass is 79.9. The Morgan fingerprint density at radius 2 is 2.11 bits per heavy atom. The van der Waals surface area contributed by atoms with E-state index >= 15 is 0 Å². The van der Waals surface area contributed by atoms with Crippen LogP contribution in [0.2, 0.25) is 0 Å². The van der Waals surface area contributed by atoms with E-state index in [2.05, 4.69) is 49.0 Å². The first kappa shape index (κ1) is 12.1. The molecule has 0 saturated carbocycles. The first-order valence-electron chi connectivity index (χ1n) is 6.47. The molecule has 1 saturated heterocycles. The Bertz CT molecular complexity index is 557. The summed E-state index contributed by atoms with van der Waals surface area (Å²) < 4.78 is 3.20. The molecule has 0 aromatic carbocycles. The fraction of sp³-hybridized carbons (Fsp3) is 0.538. The number of hydrogen-bond donors (Lipinski definition) is 1. The Hall–Kier alpha value is -0.940. The van der Waals surface area contributed by atoms with Crippen molar-refractivity contribution in [2.24, 2.45) is 0 Å². The minimum atomic E-state index is 0.172. The smallest absolute Gasteiger partial charge is 0.160 e. The zero-order valence-corrected chi connectivity index (χ0v) is 12.1. The van der Waals surface area contributed by atoms with Gasteiger partial charge in [0.15, 0.2) is 5.65 Å². The summed E-state index contributed by atoms with van der Waals surface area (Å²) in [4.78, 5) is 0. The minimum Gasteiger partial charge on any atom is -0.317 e. The molecule has 5 heteroatoms. The van der Waals surface area contributed by atoms with E-state index in [0.717, 1.165) is 48.3 Å². The summed E-state index contributed by atoms with van der Waals surface area (Å²) in [6.07, 6.45) is 5.46. The molecule has 0 atom stereocenters. The lowest BCUT2D eigenvalue weighted by molar-refractivity contribution is 0.280. The third-order valence-corrected chi connectivity index (χ3v) is 4.55. The van der Waals surface area contributed by atoms with Gasteiger partial charge < -0.3 is 5.32 Å². The van der Waals surface area contributed by atoms with E-state index in [0.29, 0.717) is 0 Å². The second-order valence-corrected chi connectivity index (χ2v) is 5.90. The van der Waals surface area contributed by atoms with Gasteiger partial charge in [-0.25, -0.2) is 0 Å². The topological polar surface area (TPSA) is 42.2 Å². The van der Waals surface area contributed by atoms with Crippen LogP contribution < -0.4 is 5.32 Å². The minimum absolute atomic E-state index is 0.172. The van der Waals surface area contributed by atoms with Crippen molar-refractivity contribution in [3.05, 3.63) is 28.6 Å². The summed E-state index contributed by atoms with van der Waals surface area (Å²) in [5.41, 5.74) is 1.10. The molecule has 1 N–H and O–H groups in total. The van der Waals surface area contributed by atoms with Crippen LogP contribution in [0.25, 0.3) is 5.65 Å². The first-order valence-corrected chi connectivity index (χ1v) is 7.26. The maximum atomic E-state index is 4.47. The summed E-state index contributed by atoms with van der Waals surface area (Å²) in [6, 6.07) is 4.01. The van der Waals surface area contributed by atoms with Gasteiger partial charge in [-0.1, -0.05) is 6.92 Å². The molecule has 0 aliphatic carbocycles. The van der Waals surface area contributed by atoms with Crippen LogP contribution in [0.3, 0.4) is 0 Å². The zero-order chi connectivity index (χ0) is 12.6. The predicted molar refractivity (Wildman–Crippen MR) is 74.8 cm³/mol. The SMILES string of the molecule is CCC1(c2nnc3ccc(Br)cn23)CCNCC1. The molecule has 0 spiro atoms. The van der Waals surface area contributed by atoms with E-state index in [4.69, 9.17) is 0 Å². The molecule has 1 fully saturated rings. The van der Waals surface area contributed by atoms with E-state index in [1.807, 2.05) is 12.1 Å². The van der Waals surface area contributed by atoms with Gasteiger partial charge >= 0.3 is 0 Å². The standard InChI is InChI=1S/C13H17BrN4/c1-2-13(5-7-15-8-6-13)12-17-16-11-4-3-10(14)9-18(11)12/h3-4,9,15H,2,5-8H2,1H3. The third-order valence-electron chi connectivity index (χ3n) is 4.08. The van der Waals surface area contributed by atoms with Gasteiger partial charge in [-0.15, -0.1) is 10.2 Å². The van der Waals surface area contributed by atoms with Crippen LogP contribution >= 0.6 is 15.9 Å². The van der Waals surface area contributed by atoms with Crippen LogP contribution in [0.4, 0.5) is 0 Å². The van der Waals surface area contributed by atoms with Crippen molar-refractivity contribution in [1.82, 2.24) is 19.9 Å². The summed E-state index contributed by atoms with van der Waals surface area (Å²) in [5.74, 6) is 1.11. The molecule has 2 aromatic heterocycles. The number of rotatable bonds is 2. The highest BCUT2D eigenvalue weighted by Crippen LogP contribution is 2.35. The highest BCUT2D eigenvalue weighted by Gasteiger charge is 2.36. The summed E-state index contributed by atoms with van der Waals surface area (Å²) in [5, 5.41) is 12.2. The molecule has 3 rings (SSSR count). The molecule has 2 aromatic rings. The lowest BCUT2D eigenvalue weighted by Gasteiger charge is -2.35. The molecule has 1 aliphatic rings. The fourth-order valence-electron chi connectivity index (χ4n) is 2.87. The highest BCUT2D eigenvalue weighted by molar-refractivity contribution is 9.10. The first-order chi connectivity index (χ1) is 8.75. The number of fused-ring (bicyclic) bond motifs is 1. The van der Waals surface area contributed by atoms with Crippen molar-refractivity contribution in [3.8, 4) is 0 Å². The van der Waals surface area contributed by atoms with E-state index < -0.39 is 0 Å². The molecular formula is C13H17BrN4. The van der Waals surface area contributed by atoms with Crippen LogP contribution in [0, 0.1) is 0 Å². The van der Waals surface area contributed by atoms with Gasteiger partial charge in [0, 0.05) is 16.1 Å². The normalized spacial score (nSPS) is 19.2. The average Bonchev–Trinajstić information content (AvgIpc) is 2.83. The maximum Gasteiger partial charge on any atom is 0.160 e. The Labute approximate surface area is 115 Å². The monoisotopic (exact) mass is 308 g/mol. The maximum absolute atomic E-state index is 4.47. The van der Waals surface area contributed by atoms with E-state index in [1.54, 1.807) is 0 Å². The van der Waals surface area contributed by atoms with Crippen LogP contribution in [-0.4, -0.2) is 27.7 Å². The van der Waals surface area contributed by atoms with Gasteiger partial charge in [-0.05, 0) is 60.4 Å². The number of halogens is 1. The lowest BCUT2D eigenvalue weighted by Crippen LogP contribution is -2.40. The van der Waals surface area contributed by atoms with Gasteiger partial charge in [0.25, 0.3) is 0 Å². The van der Waals surface area contributed by atoms with E-state index in [1.165, 1.54) is 0 Å². The van der Waals surface area contributed by atoms with E-state index in [9.17, 15) is 0 Å². The Morgan fingerprint density at radius 3 is 2.83 bits per heavy atom. The molecule has 0 amide bonds. The van der Waals surface area contributed by atoms with Crippen molar-refractivity contribution in [2.75, 3.05) is 13.1 Å². The van der Waals surface area contributed by atoms with Crippen molar-refractivity contribution < 1.29 is 0 Å².